The highest BCUT2D eigenvalue weighted by molar-refractivity contribution is 5.16. The number of ether oxygens (including phenoxy) is 4. The zero-order chi connectivity index (χ0) is 15.0. The molecule has 3 heterocycles. The van der Waals surface area contributed by atoms with Crippen LogP contribution in [0.4, 0.5) is 0 Å². The first-order valence-electron chi connectivity index (χ1n) is 8.36. The van der Waals surface area contributed by atoms with E-state index >= 15 is 0 Å². The highest BCUT2D eigenvalue weighted by Gasteiger charge is 2.46. The lowest BCUT2D eigenvalue weighted by molar-refractivity contribution is -0.276. The third-order valence-corrected chi connectivity index (χ3v) is 5.18. The lowest BCUT2D eigenvalue weighted by Crippen LogP contribution is -2.48. The smallest absolute Gasteiger partial charge is 0.184 e. The lowest BCUT2D eigenvalue weighted by Gasteiger charge is -2.41. The summed E-state index contributed by atoms with van der Waals surface area (Å²) < 4.78 is 24.5. The largest absolute Gasteiger partial charge is 0.373 e. The summed E-state index contributed by atoms with van der Waals surface area (Å²) in [7, 11) is 0. The summed E-state index contributed by atoms with van der Waals surface area (Å²) in [5.74, 6) is 0. The Morgan fingerprint density at radius 2 is 1.91 bits per heavy atom. The summed E-state index contributed by atoms with van der Waals surface area (Å²) in [6, 6.07) is 10.1. The highest BCUT2D eigenvalue weighted by Crippen LogP contribution is 2.40. The quantitative estimate of drug-likeness (QED) is 0.798. The molecular weight excluding hydrogens is 280 g/mol. The Morgan fingerprint density at radius 3 is 2.77 bits per heavy atom. The summed E-state index contributed by atoms with van der Waals surface area (Å²) in [5.41, 5.74) is 0.909. The van der Waals surface area contributed by atoms with E-state index in [9.17, 15) is 0 Å². The minimum Gasteiger partial charge on any atom is -0.373 e. The summed E-state index contributed by atoms with van der Waals surface area (Å²) in [6.07, 6.45) is 4.09. The molecule has 0 aromatic heterocycles. The second-order valence-electron chi connectivity index (χ2n) is 6.76. The predicted octanol–water partition coefficient (Wildman–Crippen LogP) is 3.22. The van der Waals surface area contributed by atoms with E-state index in [1.807, 2.05) is 30.3 Å². The molecule has 3 fully saturated rings. The molecule has 0 radical (unpaired) electrons. The maximum atomic E-state index is 6.33. The van der Waals surface area contributed by atoms with Gasteiger partial charge in [0.15, 0.2) is 6.29 Å². The van der Waals surface area contributed by atoms with Gasteiger partial charge >= 0.3 is 0 Å². The Morgan fingerprint density at radius 1 is 1.05 bits per heavy atom. The maximum Gasteiger partial charge on any atom is 0.184 e. The molecule has 1 aromatic carbocycles. The van der Waals surface area contributed by atoms with Gasteiger partial charge < -0.3 is 18.9 Å². The van der Waals surface area contributed by atoms with Crippen molar-refractivity contribution in [1.29, 1.82) is 0 Å². The molecule has 0 saturated carbocycles. The van der Waals surface area contributed by atoms with Crippen LogP contribution in [-0.4, -0.2) is 37.1 Å². The van der Waals surface area contributed by atoms with Crippen LogP contribution in [0.15, 0.2) is 30.3 Å². The Balaban J connectivity index is 1.49. The fourth-order valence-corrected chi connectivity index (χ4v) is 3.80. The van der Waals surface area contributed by atoms with Crippen molar-refractivity contribution in [2.24, 2.45) is 0 Å². The summed E-state index contributed by atoms with van der Waals surface area (Å²) in [5, 5.41) is 0. The van der Waals surface area contributed by atoms with Crippen LogP contribution in [0.3, 0.4) is 0 Å². The molecule has 0 unspecified atom stereocenters. The molecule has 3 saturated heterocycles. The zero-order valence-corrected chi connectivity index (χ0v) is 13.1. The van der Waals surface area contributed by atoms with E-state index in [-0.39, 0.29) is 30.2 Å². The molecule has 5 atom stereocenters. The summed E-state index contributed by atoms with van der Waals surface area (Å²) in [4.78, 5) is 0. The first-order valence-corrected chi connectivity index (χ1v) is 8.36. The molecule has 4 rings (SSSR count). The van der Waals surface area contributed by atoms with Gasteiger partial charge in [0.25, 0.3) is 0 Å². The molecule has 0 bridgehead atoms. The molecule has 3 aliphatic heterocycles. The third-order valence-electron chi connectivity index (χ3n) is 5.18. The van der Waals surface area contributed by atoms with Crippen LogP contribution in [0, 0.1) is 0 Å². The minimum atomic E-state index is -0.278. The van der Waals surface area contributed by atoms with Gasteiger partial charge in [-0.2, -0.15) is 0 Å². The van der Waals surface area contributed by atoms with Gasteiger partial charge in [0.2, 0.25) is 0 Å². The van der Waals surface area contributed by atoms with E-state index in [1.54, 1.807) is 0 Å². The Kier molecular flexibility index (Phi) is 3.95. The average molecular weight is 304 g/mol. The fraction of sp³-hybridized carbons (Fsp3) is 0.667. The summed E-state index contributed by atoms with van der Waals surface area (Å²) in [6.45, 7) is 3.62. The van der Waals surface area contributed by atoms with Gasteiger partial charge in [-0.05, 0) is 32.6 Å². The van der Waals surface area contributed by atoms with Crippen molar-refractivity contribution in [2.45, 2.75) is 62.8 Å². The molecule has 0 aliphatic carbocycles. The van der Waals surface area contributed by atoms with E-state index in [1.165, 1.54) is 0 Å². The van der Waals surface area contributed by atoms with Gasteiger partial charge in [-0.15, -0.1) is 0 Å². The Bertz CT molecular complexity index is 505. The Labute approximate surface area is 131 Å². The van der Waals surface area contributed by atoms with E-state index in [2.05, 4.69) is 6.92 Å². The predicted molar refractivity (Wildman–Crippen MR) is 81.5 cm³/mol. The molecule has 0 spiro atoms. The zero-order valence-electron chi connectivity index (χ0n) is 13.1. The van der Waals surface area contributed by atoms with Crippen LogP contribution in [0.25, 0.3) is 0 Å². The van der Waals surface area contributed by atoms with Crippen molar-refractivity contribution < 1.29 is 18.9 Å². The van der Waals surface area contributed by atoms with Crippen molar-refractivity contribution in [3.05, 3.63) is 35.9 Å². The van der Waals surface area contributed by atoms with Crippen LogP contribution >= 0.6 is 0 Å². The monoisotopic (exact) mass is 304 g/mol. The molecule has 4 heteroatoms. The number of fused-ring (bicyclic) bond motifs is 2. The first-order chi connectivity index (χ1) is 10.7. The van der Waals surface area contributed by atoms with Crippen molar-refractivity contribution in [3.63, 3.8) is 0 Å². The van der Waals surface area contributed by atoms with Crippen molar-refractivity contribution in [3.8, 4) is 0 Å². The average Bonchev–Trinajstić information content (AvgIpc) is 2.71. The fourth-order valence-electron chi connectivity index (χ4n) is 3.80. The molecule has 4 nitrogen and oxygen atoms in total. The number of hydrogen-bond acceptors (Lipinski definition) is 4. The van der Waals surface area contributed by atoms with E-state index in [4.69, 9.17) is 18.9 Å². The van der Waals surface area contributed by atoms with E-state index < -0.39 is 0 Å². The van der Waals surface area contributed by atoms with Crippen LogP contribution in [0.2, 0.25) is 0 Å². The molecule has 0 amide bonds. The molecular formula is C18H24O4. The SMILES string of the molecule is C[C@@]12CC[C@@H]3O[C@H](c4ccccc4)OC[C@H]3O[C@H]1CCCO2. The van der Waals surface area contributed by atoms with Gasteiger partial charge in [-0.1, -0.05) is 30.3 Å². The van der Waals surface area contributed by atoms with Gasteiger partial charge in [0.05, 0.1) is 24.4 Å². The lowest BCUT2D eigenvalue weighted by atomic mass is 9.88. The molecule has 120 valence electrons. The minimum absolute atomic E-state index is 0.0217. The van der Waals surface area contributed by atoms with E-state index in [0.717, 1.165) is 37.9 Å². The first kappa shape index (κ1) is 14.6. The second kappa shape index (κ2) is 5.93. The molecule has 1 aromatic rings. The normalized spacial score (nSPS) is 42.0. The Hall–Kier alpha value is -0.940. The van der Waals surface area contributed by atoms with Crippen molar-refractivity contribution in [1.82, 2.24) is 0 Å². The van der Waals surface area contributed by atoms with Crippen LogP contribution in [0.5, 0.6) is 0 Å². The molecule has 22 heavy (non-hydrogen) atoms. The van der Waals surface area contributed by atoms with Crippen molar-refractivity contribution >= 4 is 0 Å². The second-order valence-corrected chi connectivity index (χ2v) is 6.76. The van der Waals surface area contributed by atoms with Crippen LogP contribution in [-0.2, 0) is 18.9 Å². The highest BCUT2D eigenvalue weighted by atomic mass is 16.7. The molecule has 0 N–H and O–H groups in total. The van der Waals surface area contributed by atoms with Gasteiger partial charge in [0, 0.05) is 12.2 Å². The van der Waals surface area contributed by atoms with Gasteiger partial charge in [-0.25, -0.2) is 0 Å². The topological polar surface area (TPSA) is 36.9 Å². The van der Waals surface area contributed by atoms with Crippen molar-refractivity contribution in [2.75, 3.05) is 13.2 Å². The standard InChI is InChI=1S/C18H24O4/c1-18-10-9-14-15(21-16(18)8-5-11-20-18)12-19-17(22-14)13-6-3-2-4-7-13/h2-4,6-7,14-17H,5,8-12H2,1H3/t14-,15+,16-,17+,18+/m0/s1. The van der Waals surface area contributed by atoms with Gasteiger partial charge in [0.1, 0.15) is 6.10 Å². The number of hydrogen-bond donors (Lipinski definition) is 0. The van der Waals surface area contributed by atoms with Crippen LogP contribution < -0.4 is 0 Å². The molecule has 3 aliphatic rings. The third kappa shape index (κ3) is 2.69. The number of benzene rings is 1. The summed E-state index contributed by atoms with van der Waals surface area (Å²) >= 11 is 0. The maximum absolute atomic E-state index is 6.33. The van der Waals surface area contributed by atoms with E-state index in [0.29, 0.717) is 6.61 Å². The van der Waals surface area contributed by atoms with Crippen LogP contribution in [0.1, 0.15) is 44.5 Å². The van der Waals surface area contributed by atoms with Gasteiger partial charge in [-0.3, -0.25) is 0 Å². The number of rotatable bonds is 1.